The van der Waals surface area contributed by atoms with E-state index in [-0.39, 0.29) is 24.1 Å². The molecule has 1 unspecified atom stereocenters. The molecule has 116 valence electrons. The van der Waals surface area contributed by atoms with Crippen molar-refractivity contribution in [3.63, 3.8) is 0 Å². The van der Waals surface area contributed by atoms with Crippen LogP contribution in [0.15, 0.2) is 24.3 Å². The number of phenols is 1. The summed E-state index contributed by atoms with van der Waals surface area (Å²) in [7, 11) is 1.56. The zero-order valence-corrected chi connectivity index (χ0v) is 12.5. The summed E-state index contributed by atoms with van der Waals surface area (Å²) < 4.78 is 0. The number of benzene rings is 1. The lowest BCUT2D eigenvalue weighted by Crippen LogP contribution is -2.46. The number of carbonyl (C=O) groups is 2. The predicted molar refractivity (Wildman–Crippen MR) is 80.7 cm³/mol. The average Bonchev–Trinajstić information content (AvgIpc) is 2.46. The second-order valence-electron chi connectivity index (χ2n) is 5.02. The van der Waals surface area contributed by atoms with Gasteiger partial charge in [0.1, 0.15) is 5.75 Å². The minimum atomic E-state index is -0.710. The smallest absolute Gasteiger partial charge is 0.240 e. The molecular weight excluding hydrogens is 270 g/mol. The molecule has 21 heavy (non-hydrogen) atoms. The number of phenolic OH excluding ortho intramolecular Hbond substituents is 1. The zero-order chi connectivity index (χ0) is 15.8. The SMILES string of the molecule is CCCNC(=O)CN(C)C(=O)C(N)Cc1ccc(O)cc1. The van der Waals surface area contributed by atoms with Crippen LogP contribution in [0.3, 0.4) is 0 Å². The van der Waals surface area contributed by atoms with Crippen molar-refractivity contribution in [1.29, 1.82) is 0 Å². The number of carbonyl (C=O) groups excluding carboxylic acids is 2. The predicted octanol–water partition coefficient (Wildman–Crippen LogP) is 0.247. The lowest BCUT2D eigenvalue weighted by molar-refractivity contribution is -0.135. The minimum absolute atomic E-state index is 0.00209. The maximum Gasteiger partial charge on any atom is 0.240 e. The van der Waals surface area contributed by atoms with Gasteiger partial charge in [-0.15, -0.1) is 0 Å². The third-order valence-electron chi connectivity index (χ3n) is 3.04. The summed E-state index contributed by atoms with van der Waals surface area (Å²) >= 11 is 0. The van der Waals surface area contributed by atoms with E-state index in [1.807, 2.05) is 6.92 Å². The lowest BCUT2D eigenvalue weighted by Gasteiger charge is -2.21. The number of amides is 2. The molecule has 0 bridgehead atoms. The van der Waals surface area contributed by atoms with Gasteiger partial charge in [0.25, 0.3) is 0 Å². The van der Waals surface area contributed by atoms with Gasteiger partial charge in [-0.2, -0.15) is 0 Å². The molecule has 6 nitrogen and oxygen atoms in total. The van der Waals surface area contributed by atoms with E-state index in [0.29, 0.717) is 13.0 Å². The second kappa shape index (κ2) is 8.26. The first-order chi connectivity index (χ1) is 9.93. The topological polar surface area (TPSA) is 95.7 Å². The van der Waals surface area contributed by atoms with E-state index in [4.69, 9.17) is 5.73 Å². The second-order valence-corrected chi connectivity index (χ2v) is 5.02. The maximum atomic E-state index is 12.1. The average molecular weight is 293 g/mol. The number of nitrogens with zero attached hydrogens (tertiary/aromatic N) is 1. The third-order valence-corrected chi connectivity index (χ3v) is 3.04. The molecule has 1 atom stereocenters. The van der Waals surface area contributed by atoms with Gasteiger partial charge < -0.3 is 21.1 Å². The van der Waals surface area contributed by atoms with Crippen molar-refractivity contribution in [3.05, 3.63) is 29.8 Å². The standard InChI is InChI=1S/C15H23N3O3/c1-3-8-17-14(20)10-18(2)15(21)13(16)9-11-4-6-12(19)7-5-11/h4-7,13,19H,3,8-10,16H2,1-2H3,(H,17,20). The van der Waals surface area contributed by atoms with Crippen molar-refractivity contribution in [2.45, 2.75) is 25.8 Å². The molecule has 0 radical (unpaired) electrons. The van der Waals surface area contributed by atoms with E-state index in [0.717, 1.165) is 12.0 Å². The molecular formula is C15H23N3O3. The first-order valence-corrected chi connectivity index (χ1v) is 6.99. The van der Waals surface area contributed by atoms with Crippen LogP contribution in [0.25, 0.3) is 0 Å². The third kappa shape index (κ3) is 5.83. The van der Waals surface area contributed by atoms with E-state index in [1.165, 1.54) is 4.90 Å². The highest BCUT2D eigenvalue weighted by Gasteiger charge is 2.20. The fourth-order valence-electron chi connectivity index (χ4n) is 1.87. The van der Waals surface area contributed by atoms with Crippen molar-refractivity contribution in [2.24, 2.45) is 5.73 Å². The van der Waals surface area contributed by atoms with E-state index in [1.54, 1.807) is 31.3 Å². The van der Waals surface area contributed by atoms with Gasteiger partial charge in [-0.25, -0.2) is 0 Å². The molecule has 0 aromatic heterocycles. The molecule has 0 fully saturated rings. The summed E-state index contributed by atoms with van der Waals surface area (Å²) in [5, 5.41) is 11.9. The number of aromatic hydroxyl groups is 1. The van der Waals surface area contributed by atoms with Crippen molar-refractivity contribution in [2.75, 3.05) is 20.1 Å². The largest absolute Gasteiger partial charge is 0.508 e. The van der Waals surface area contributed by atoms with E-state index in [2.05, 4.69) is 5.32 Å². The van der Waals surface area contributed by atoms with Gasteiger partial charge in [0.2, 0.25) is 11.8 Å². The van der Waals surface area contributed by atoms with Crippen LogP contribution in [0.4, 0.5) is 0 Å². The quantitative estimate of drug-likeness (QED) is 0.671. The van der Waals surface area contributed by atoms with Gasteiger partial charge in [0.15, 0.2) is 0 Å². The van der Waals surface area contributed by atoms with Crippen LogP contribution in [0.1, 0.15) is 18.9 Å². The molecule has 1 aromatic carbocycles. The highest BCUT2D eigenvalue weighted by Crippen LogP contribution is 2.11. The number of nitrogens with one attached hydrogen (secondary N) is 1. The fraction of sp³-hybridized carbons (Fsp3) is 0.467. The highest BCUT2D eigenvalue weighted by molar-refractivity contribution is 5.87. The fourth-order valence-corrected chi connectivity index (χ4v) is 1.87. The Balaban J connectivity index is 2.49. The molecule has 0 aliphatic rings. The van der Waals surface area contributed by atoms with Gasteiger partial charge in [-0.05, 0) is 30.5 Å². The van der Waals surface area contributed by atoms with Crippen LogP contribution in [0, 0.1) is 0 Å². The molecule has 0 saturated carbocycles. The Morgan fingerprint density at radius 3 is 2.52 bits per heavy atom. The Bertz CT molecular complexity index is 474. The molecule has 0 saturated heterocycles. The van der Waals surface area contributed by atoms with Gasteiger partial charge in [-0.3, -0.25) is 9.59 Å². The summed E-state index contributed by atoms with van der Waals surface area (Å²) in [5.74, 6) is -0.303. The van der Waals surface area contributed by atoms with E-state index in [9.17, 15) is 14.7 Å². The van der Waals surface area contributed by atoms with Crippen LogP contribution in [-0.2, 0) is 16.0 Å². The Morgan fingerprint density at radius 1 is 1.33 bits per heavy atom. The van der Waals surface area contributed by atoms with Crippen LogP contribution >= 0.6 is 0 Å². The van der Waals surface area contributed by atoms with Crippen LogP contribution in [0.2, 0.25) is 0 Å². The lowest BCUT2D eigenvalue weighted by atomic mass is 10.1. The monoisotopic (exact) mass is 293 g/mol. The van der Waals surface area contributed by atoms with Gasteiger partial charge in [0, 0.05) is 13.6 Å². The van der Waals surface area contributed by atoms with E-state index < -0.39 is 6.04 Å². The molecule has 0 heterocycles. The van der Waals surface area contributed by atoms with Gasteiger partial charge >= 0.3 is 0 Å². The molecule has 0 aliphatic carbocycles. The van der Waals surface area contributed by atoms with Crippen LogP contribution in [0.5, 0.6) is 5.75 Å². The summed E-state index contributed by atoms with van der Waals surface area (Å²) in [6.07, 6.45) is 1.21. The molecule has 0 spiro atoms. The number of nitrogens with two attached hydrogens (primary N) is 1. The number of hydrogen-bond donors (Lipinski definition) is 3. The van der Waals surface area contributed by atoms with Crippen molar-refractivity contribution < 1.29 is 14.7 Å². The molecule has 6 heteroatoms. The van der Waals surface area contributed by atoms with Crippen molar-refractivity contribution >= 4 is 11.8 Å². The van der Waals surface area contributed by atoms with Crippen LogP contribution in [-0.4, -0.2) is 48.0 Å². The van der Waals surface area contributed by atoms with Crippen molar-refractivity contribution in [3.8, 4) is 5.75 Å². The Morgan fingerprint density at radius 2 is 1.95 bits per heavy atom. The Hall–Kier alpha value is -2.08. The van der Waals surface area contributed by atoms with Gasteiger partial charge in [-0.1, -0.05) is 19.1 Å². The molecule has 0 aliphatic heterocycles. The molecule has 2 amide bonds. The zero-order valence-electron chi connectivity index (χ0n) is 12.5. The summed E-state index contributed by atoms with van der Waals surface area (Å²) in [5.41, 5.74) is 6.74. The summed E-state index contributed by atoms with van der Waals surface area (Å²) in [6.45, 7) is 2.56. The highest BCUT2D eigenvalue weighted by atomic mass is 16.3. The molecule has 1 rings (SSSR count). The number of hydrogen-bond acceptors (Lipinski definition) is 4. The van der Waals surface area contributed by atoms with E-state index >= 15 is 0 Å². The number of likely N-dealkylation sites (N-methyl/N-ethyl adjacent to an activating group) is 1. The van der Waals surface area contributed by atoms with Gasteiger partial charge in [0.05, 0.1) is 12.6 Å². The maximum absolute atomic E-state index is 12.1. The first kappa shape index (κ1) is 17.0. The Labute approximate surface area is 124 Å². The first-order valence-electron chi connectivity index (χ1n) is 6.99. The van der Waals surface area contributed by atoms with Crippen molar-refractivity contribution in [1.82, 2.24) is 10.2 Å². The van der Waals surface area contributed by atoms with Crippen LogP contribution < -0.4 is 11.1 Å². The molecule has 4 N–H and O–H groups in total. The minimum Gasteiger partial charge on any atom is -0.508 e. The normalized spacial score (nSPS) is 11.8. The Kier molecular flexibility index (Phi) is 6.68. The molecule has 1 aromatic rings. The summed E-state index contributed by atoms with van der Waals surface area (Å²) in [4.78, 5) is 25.0. The number of rotatable bonds is 7. The summed E-state index contributed by atoms with van der Waals surface area (Å²) in [6, 6.07) is 5.83.